The number of rotatable bonds is 9. The first-order valence-electron chi connectivity index (χ1n) is 10.6. The fourth-order valence-electron chi connectivity index (χ4n) is 3.58. The molecule has 0 atom stereocenters. The van der Waals surface area contributed by atoms with Crippen molar-refractivity contribution in [1.82, 2.24) is 14.3 Å². The Kier molecular flexibility index (Phi) is 6.87. The molecule has 0 N–H and O–H groups in total. The fraction of sp³-hybridized carbons (Fsp3) is 0.280. The van der Waals surface area contributed by atoms with Gasteiger partial charge in [-0.25, -0.2) is 4.98 Å². The molecule has 0 aliphatic carbocycles. The number of nitrogens with zero attached hydrogens (tertiary/aromatic N) is 3. The van der Waals surface area contributed by atoms with E-state index in [-0.39, 0.29) is 5.56 Å². The van der Waals surface area contributed by atoms with Gasteiger partial charge in [-0.3, -0.25) is 14.1 Å². The maximum atomic E-state index is 12.5. The molecule has 3 heterocycles. The van der Waals surface area contributed by atoms with Gasteiger partial charge in [-0.1, -0.05) is 25.1 Å². The van der Waals surface area contributed by atoms with Crippen LogP contribution in [-0.2, 0) is 19.7 Å². The Labute approximate surface area is 191 Å². The summed E-state index contributed by atoms with van der Waals surface area (Å²) in [5.74, 6) is 1.44. The maximum Gasteiger partial charge on any atom is 0.258 e. The van der Waals surface area contributed by atoms with Crippen molar-refractivity contribution in [2.75, 3.05) is 13.7 Å². The Hall–Kier alpha value is -3.16. The molecule has 0 unspecified atom stereocenters. The Morgan fingerprint density at radius 2 is 1.97 bits per heavy atom. The van der Waals surface area contributed by atoms with Crippen LogP contribution >= 0.6 is 11.3 Å². The van der Waals surface area contributed by atoms with Crippen LogP contribution in [0.2, 0.25) is 0 Å². The molecule has 0 fully saturated rings. The minimum atomic E-state index is -0.0568. The molecule has 0 radical (unpaired) electrons. The molecule has 3 aromatic heterocycles. The quantitative estimate of drug-likeness (QED) is 0.372. The number of fused-ring (bicyclic) bond motifs is 1. The van der Waals surface area contributed by atoms with Gasteiger partial charge in [0.25, 0.3) is 5.56 Å². The maximum absolute atomic E-state index is 12.5. The second kappa shape index (κ2) is 9.97. The molecule has 0 aliphatic heterocycles. The first-order chi connectivity index (χ1) is 15.6. The van der Waals surface area contributed by atoms with Gasteiger partial charge in [0.15, 0.2) is 11.5 Å². The lowest BCUT2D eigenvalue weighted by Gasteiger charge is -2.21. The van der Waals surface area contributed by atoms with E-state index in [1.165, 1.54) is 4.88 Å². The van der Waals surface area contributed by atoms with Gasteiger partial charge in [0, 0.05) is 30.2 Å². The highest BCUT2D eigenvalue weighted by Crippen LogP contribution is 2.30. The first kappa shape index (κ1) is 22.0. The van der Waals surface area contributed by atoms with Crippen molar-refractivity contribution in [3.05, 3.63) is 92.2 Å². The van der Waals surface area contributed by atoms with Crippen molar-refractivity contribution in [1.29, 1.82) is 0 Å². The molecule has 6 nitrogen and oxygen atoms in total. The Balaban J connectivity index is 1.47. The number of aryl methyl sites for hydroxylation is 1. The molecule has 7 heteroatoms. The van der Waals surface area contributed by atoms with Crippen LogP contribution in [0, 0.1) is 6.92 Å². The predicted octanol–water partition coefficient (Wildman–Crippen LogP) is 4.67. The van der Waals surface area contributed by atoms with Crippen molar-refractivity contribution in [3.8, 4) is 11.5 Å². The number of pyridine rings is 1. The van der Waals surface area contributed by atoms with Crippen LogP contribution in [0.15, 0.2) is 64.9 Å². The lowest BCUT2D eigenvalue weighted by atomic mass is 10.1. The average molecular weight is 450 g/mol. The third-order valence-corrected chi connectivity index (χ3v) is 6.13. The zero-order valence-corrected chi connectivity index (χ0v) is 19.4. The molecular formula is C25H27N3O3S. The smallest absolute Gasteiger partial charge is 0.258 e. The van der Waals surface area contributed by atoms with Crippen LogP contribution in [0.25, 0.3) is 5.65 Å². The highest BCUT2D eigenvalue weighted by atomic mass is 32.1. The molecular weight excluding hydrogens is 422 g/mol. The summed E-state index contributed by atoms with van der Waals surface area (Å²) < 4.78 is 13.1. The molecule has 0 amide bonds. The lowest BCUT2D eigenvalue weighted by molar-refractivity contribution is 0.265. The summed E-state index contributed by atoms with van der Waals surface area (Å²) in [6.45, 7) is 6.73. The highest BCUT2D eigenvalue weighted by molar-refractivity contribution is 7.09. The summed E-state index contributed by atoms with van der Waals surface area (Å²) in [5.41, 5.74) is 3.52. The van der Waals surface area contributed by atoms with Crippen LogP contribution in [0.1, 0.15) is 28.6 Å². The Morgan fingerprint density at radius 1 is 1.09 bits per heavy atom. The topological polar surface area (TPSA) is 56.1 Å². The van der Waals surface area contributed by atoms with Crippen LogP contribution in [-0.4, -0.2) is 27.9 Å². The SMILES string of the molecule is CCN(Cc1ccc(OCc2cccs2)c(OC)c1)Cc1cc(=O)n2cc(C)ccc2n1. The monoisotopic (exact) mass is 449 g/mol. The van der Waals surface area contributed by atoms with E-state index >= 15 is 0 Å². The third kappa shape index (κ3) is 5.18. The van der Waals surface area contributed by atoms with Crippen LogP contribution in [0.3, 0.4) is 0 Å². The number of methoxy groups -OCH3 is 1. The molecule has 0 saturated carbocycles. The van der Waals surface area contributed by atoms with E-state index in [0.29, 0.717) is 31.1 Å². The number of hydrogen-bond acceptors (Lipinski definition) is 6. The fourth-order valence-corrected chi connectivity index (χ4v) is 4.20. The van der Waals surface area contributed by atoms with Crippen LogP contribution < -0.4 is 15.0 Å². The number of thiophene rings is 1. The second-order valence-electron chi connectivity index (χ2n) is 7.68. The molecule has 0 spiro atoms. The molecule has 4 aromatic rings. The van der Waals surface area contributed by atoms with E-state index in [0.717, 1.165) is 29.1 Å². The molecule has 0 bridgehead atoms. The molecule has 32 heavy (non-hydrogen) atoms. The predicted molar refractivity (Wildman–Crippen MR) is 128 cm³/mol. The van der Waals surface area contributed by atoms with E-state index < -0.39 is 0 Å². The van der Waals surface area contributed by atoms with Crippen molar-refractivity contribution in [2.45, 2.75) is 33.5 Å². The van der Waals surface area contributed by atoms with Crippen molar-refractivity contribution >= 4 is 17.0 Å². The van der Waals surface area contributed by atoms with Crippen molar-refractivity contribution < 1.29 is 9.47 Å². The summed E-state index contributed by atoms with van der Waals surface area (Å²) in [6.07, 6.45) is 1.82. The second-order valence-corrected chi connectivity index (χ2v) is 8.71. The molecule has 0 aliphatic rings. The molecule has 1 aromatic carbocycles. The van der Waals surface area contributed by atoms with Gasteiger partial charge in [-0.05, 0) is 54.2 Å². The minimum absolute atomic E-state index is 0.0568. The summed E-state index contributed by atoms with van der Waals surface area (Å²) in [4.78, 5) is 20.6. The van der Waals surface area contributed by atoms with E-state index in [4.69, 9.17) is 9.47 Å². The van der Waals surface area contributed by atoms with Gasteiger partial charge < -0.3 is 9.47 Å². The Morgan fingerprint density at radius 3 is 2.72 bits per heavy atom. The van der Waals surface area contributed by atoms with Crippen molar-refractivity contribution in [2.24, 2.45) is 0 Å². The van der Waals surface area contributed by atoms with Gasteiger partial charge in [-0.2, -0.15) is 0 Å². The number of benzene rings is 1. The highest BCUT2D eigenvalue weighted by Gasteiger charge is 2.12. The van der Waals surface area contributed by atoms with E-state index in [9.17, 15) is 4.79 Å². The molecule has 0 saturated heterocycles. The van der Waals surface area contributed by atoms with Gasteiger partial charge in [0.05, 0.1) is 12.8 Å². The average Bonchev–Trinajstić information content (AvgIpc) is 3.32. The zero-order chi connectivity index (χ0) is 22.5. The van der Waals surface area contributed by atoms with Crippen LogP contribution in [0.5, 0.6) is 11.5 Å². The van der Waals surface area contributed by atoms with E-state index in [1.807, 2.05) is 48.8 Å². The standard InChI is InChI=1S/C25H27N3O3S/c1-4-27(16-20-13-25(29)28-14-18(2)7-10-24(28)26-20)15-19-8-9-22(23(12-19)30-3)31-17-21-6-5-11-32-21/h5-14H,4,15-17H2,1-3H3. The van der Waals surface area contributed by atoms with E-state index in [1.54, 1.807) is 28.9 Å². The van der Waals surface area contributed by atoms with Gasteiger partial charge in [-0.15, -0.1) is 11.3 Å². The molecule has 166 valence electrons. The number of hydrogen-bond donors (Lipinski definition) is 0. The summed E-state index contributed by atoms with van der Waals surface area (Å²) in [5, 5.41) is 2.04. The minimum Gasteiger partial charge on any atom is -0.493 e. The largest absolute Gasteiger partial charge is 0.493 e. The van der Waals surface area contributed by atoms with Crippen LogP contribution in [0.4, 0.5) is 0 Å². The summed E-state index contributed by atoms with van der Waals surface area (Å²) in [6, 6.07) is 15.6. The van der Waals surface area contributed by atoms with Gasteiger partial charge in [0.2, 0.25) is 0 Å². The Bertz CT molecular complexity index is 1250. The lowest BCUT2D eigenvalue weighted by Crippen LogP contribution is -2.25. The first-order valence-corrected chi connectivity index (χ1v) is 11.5. The third-order valence-electron chi connectivity index (χ3n) is 5.28. The number of ether oxygens (including phenoxy) is 2. The van der Waals surface area contributed by atoms with E-state index in [2.05, 4.69) is 28.9 Å². The normalized spacial score (nSPS) is 11.2. The van der Waals surface area contributed by atoms with Gasteiger partial charge in [0.1, 0.15) is 12.3 Å². The molecule has 4 rings (SSSR count). The zero-order valence-electron chi connectivity index (χ0n) is 18.6. The summed E-state index contributed by atoms with van der Waals surface area (Å²) in [7, 11) is 1.66. The summed E-state index contributed by atoms with van der Waals surface area (Å²) >= 11 is 1.67. The van der Waals surface area contributed by atoms with Crippen molar-refractivity contribution in [3.63, 3.8) is 0 Å². The van der Waals surface area contributed by atoms with Gasteiger partial charge >= 0.3 is 0 Å². The number of aromatic nitrogens is 2.